The Balaban J connectivity index is 2.12. The third kappa shape index (κ3) is 2.10. The minimum Gasteiger partial charge on any atom is -0.352 e. The number of allylic oxidation sites excluding steroid dienone is 1. The van der Waals surface area contributed by atoms with Crippen LogP contribution >= 0.6 is 0 Å². The zero-order chi connectivity index (χ0) is 13.2. The maximum Gasteiger partial charge on any atom is 0.178 e. The molecule has 94 valence electrons. The molecule has 2 aromatic rings. The van der Waals surface area contributed by atoms with E-state index in [1.54, 1.807) is 6.92 Å². The van der Waals surface area contributed by atoms with Crippen LogP contribution in [0, 0.1) is 0 Å². The van der Waals surface area contributed by atoms with Crippen LogP contribution < -0.4 is 10.6 Å². The van der Waals surface area contributed by atoms with Gasteiger partial charge in [-0.05, 0) is 12.1 Å². The number of para-hydroxylation sites is 2. The molecule has 1 heterocycles. The van der Waals surface area contributed by atoms with Crippen molar-refractivity contribution in [3.8, 4) is 0 Å². The number of carbonyl (C=O) groups excluding carboxylic acids is 1. The van der Waals surface area contributed by atoms with Crippen LogP contribution in [-0.2, 0) is 4.79 Å². The SMILES string of the molecule is CC(=O)C1=C(c2ccccc2)Nc2ccccc2N1. The first-order valence-corrected chi connectivity index (χ1v) is 6.19. The number of carbonyl (C=O) groups is 1. The third-order valence-electron chi connectivity index (χ3n) is 3.11. The molecule has 0 atom stereocenters. The van der Waals surface area contributed by atoms with E-state index in [0.29, 0.717) is 5.70 Å². The number of benzene rings is 2. The molecule has 0 saturated heterocycles. The van der Waals surface area contributed by atoms with Gasteiger partial charge in [0.1, 0.15) is 5.70 Å². The molecule has 0 saturated carbocycles. The van der Waals surface area contributed by atoms with Gasteiger partial charge in [0, 0.05) is 12.5 Å². The first-order valence-electron chi connectivity index (χ1n) is 6.19. The van der Waals surface area contributed by atoms with Crippen molar-refractivity contribution in [2.75, 3.05) is 10.6 Å². The lowest BCUT2D eigenvalue weighted by Crippen LogP contribution is -2.20. The Morgan fingerprint density at radius 1 is 0.842 bits per heavy atom. The fourth-order valence-electron chi connectivity index (χ4n) is 2.18. The summed E-state index contributed by atoms with van der Waals surface area (Å²) in [6, 6.07) is 17.7. The molecule has 0 spiro atoms. The number of Topliss-reactive ketones (excluding diaryl/α,β-unsaturated/α-hetero) is 1. The van der Waals surface area contributed by atoms with E-state index in [4.69, 9.17) is 0 Å². The van der Waals surface area contributed by atoms with Crippen molar-refractivity contribution in [3.05, 3.63) is 65.9 Å². The maximum atomic E-state index is 11.8. The summed E-state index contributed by atoms with van der Waals surface area (Å²) in [7, 11) is 0. The molecule has 3 nitrogen and oxygen atoms in total. The van der Waals surface area contributed by atoms with E-state index in [1.807, 2.05) is 54.6 Å². The van der Waals surface area contributed by atoms with Crippen LogP contribution in [-0.4, -0.2) is 5.78 Å². The zero-order valence-electron chi connectivity index (χ0n) is 10.6. The zero-order valence-corrected chi connectivity index (χ0v) is 10.6. The summed E-state index contributed by atoms with van der Waals surface area (Å²) in [5.74, 6) is 0.0147. The van der Waals surface area contributed by atoms with Crippen molar-refractivity contribution >= 4 is 22.9 Å². The molecule has 3 heteroatoms. The van der Waals surface area contributed by atoms with Gasteiger partial charge in [0.05, 0.1) is 17.1 Å². The minimum absolute atomic E-state index is 0.0147. The average molecular weight is 250 g/mol. The van der Waals surface area contributed by atoms with E-state index in [1.165, 1.54) is 0 Å². The summed E-state index contributed by atoms with van der Waals surface area (Å²) in [5, 5.41) is 6.55. The Hall–Kier alpha value is -2.55. The van der Waals surface area contributed by atoms with Crippen molar-refractivity contribution in [2.24, 2.45) is 0 Å². The standard InChI is InChI=1S/C16H14N2O/c1-11(19)15-16(12-7-3-2-4-8-12)18-14-10-6-5-9-13(14)17-15/h2-10,17-18H,1H3. The van der Waals surface area contributed by atoms with Gasteiger partial charge in [-0.2, -0.15) is 0 Å². The minimum atomic E-state index is 0.0147. The number of nitrogens with one attached hydrogen (secondary N) is 2. The molecule has 2 N–H and O–H groups in total. The van der Waals surface area contributed by atoms with Gasteiger partial charge in [0.15, 0.2) is 5.78 Å². The molecule has 1 aliphatic rings. The average Bonchev–Trinajstić information content (AvgIpc) is 2.46. The second-order valence-electron chi connectivity index (χ2n) is 4.47. The van der Waals surface area contributed by atoms with Gasteiger partial charge < -0.3 is 10.6 Å². The molecule has 0 bridgehead atoms. The molecule has 0 unspecified atom stereocenters. The Bertz CT molecular complexity index is 659. The second kappa shape index (κ2) is 4.61. The number of ketones is 1. The number of anilines is 2. The lowest BCUT2D eigenvalue weighted by Gasteiger charge is -2.25. The van der Waals surface area contributed by atoms with Crippen LogP contribution in [0.5, 0.6) is 0 Å². The largest absolute Gasteiger partial charge is 0.352 e. The molecule has 3 rings (SSSR count). The van der Waals surface area contributed by atoms with Gasteiger partial charge in [-0.15, -0.1) is 0 Å². The van der Waals surface area contributed by atoms with E-state index in [0.717, 1.165) is 22.6 Å². The van der Waals surface area contributed by atoms with Crippen molar-refractivity contribution in [2.45, 2.75) is 6.92 Å². The van der Waals surface area contributed by atoms with Crippen LogP contribution in [0.25, 0.3) is 5.70 Å². The number of rotatable bonds is 2. The summed E-state index contributed by atoms with van der Waals surface area (Å²) >= 11 is 0. The van der Waals surface area contributed by atoms with Crippen molar-refractivity contribution in [3.63, 3.8) is 0 Å². The van der Waals surface area contributed by atoms with Crippen LogP contribution in [0.15, 0.2) is 60.3 Å². The first-order chi connectivity index (χ1) is 9.25. The lowest BCUT2D eigenvalue weighted by atomic mass is 10.0. The lowest BCUT2D eigenvalue weighted by molar-refractivity contribution is -0.113. The number of hydrogen-bond acceptors (Lipinski definition) is 3. The van der Waals surface area contributed by atoms with Crippen LogP contribution in [0.4, 0.5) is 11.4 Å². The monoisotopic (exact) mass is 250 g/mol. The summed E-state index contributed by atoms with van der Waals surface area (Å²) in [5.41, 5.74) is 4.32. The van der Waals surface area contributed by atoms with Crippen LogP contribution in [0.3, 0.4) is 0 Å². The molecule has 1 aliphatic heterocycles. The van der Waals surface area contributed by atoms with E-state index < -0.39 is 0 Å². The number of fused-ring (bicyclic) bond motifs is 1. The molecule has 0 aromatic heterocycles. The maximum absolute atomic E-state index is 11.8. The van der Waals surface area contributed by atoms with Gasteiger partial charge in [0.2, 0.25) is 0 Å². The van der Waals surface area contributed by atoms with Gasteiger partial charge in [0.25, 0.3) is 0 Å². The van der Waals surface area contributed by atoms with E-state index in [9.17, 15) is 4.79 Å². The van der Waals surface area contributed by atoms with E-state index >= 15 is 0 Å². The Morgan fingerprint density at radius 3 is 2.05 bits per heavy atom. The molecule has 0 amide bonds. The summed E-state index contributed by atoms with van der Waals surface area (Å²) in [4.78, 5) is 11.8. The predicted octanol–water partition coefficient (Wildman–Crippen LogP) is 3.48. The molecule has 0 radical (unpaired) electrons. The van der Waals surface area contributed by atoms with Gasteiger partial charge >= 0.3 is 0 Å². The van der Waals surface area contributed by atoms with Gasteiger partial charge in [-0.25, -0.2) is 0 Å². The van der Waals surface area contributed by atoms with E-state index in [-0.39, 0.29) is 5.78 Å². The second-order valence-corrected chi connectivity index (χ2v) is 4.47. The highest BCUT2D eigenvalue weighted by Crippen LogP contribution is 2.33. The topological polar surface area (TPSA) is 41.1 Å². The number of hydrogen-bond donors (Lipinski definition) is 2. The smallest absolute Gasteiger partial charge is 0.178 e. The van der Waals surface area contributed by atoms with Crippen molar-refractivity contribution in [1.82, 2.24) is 0 Å². The molecular weight excluding hydrogens is 236 g/mol. The highest BCUT2D eigenvalue weighted by atomic mass is 16.1. The summed E-state index contributed by atoms with van der Waals surface area (Å²) in [6.45, 7) is 1.57. The fourth-order valence-corrected chi connectivity index (χ4v) is 2.18. The Labute approximate surface area is 112 Å². The molecule has 0 fully saturated rings. The van der Waals surface area contributed by atoms with Crippen molar-refractivity contribution < 1.29 is 4.79 Å². The molecule has 2 aromatic carbocycles. The highest BCUT2D eigenvalue weighted by Gasteiger charge is 2.20. The van der Waals surface area contributed by atoms with Crippen molar-refractivity contribution in [1.29, 1.82) is 0 Å². The van der Waals surface area contributed by atoms with E-state index in [2.05, 4.69) is 10.6 Å². The summed E-state index contributed by atoms with van der Waals surface area (Å²) < 4.78 is 0. The predicted molar refractivity (Wildman–Crippen MR) is 77.7 cm³/mol. The molecule has 19 heavy (non-hydrogen) atoms. The third-order valence-corrected chi connectivity index (χ3v) is 3.11. The Morgan fingerprint density at radius 2 is 1.42 bits per heavy atom. The summed E-state index contributed by atoms with van der Waals surface area (Å²) in [6.07, 6.45) is 0. The molecular formula is C16H14N2O. The van der Waals surface area contributed by atoms with Gasteiger partial charge in [-0.3, -0.25) is 4.79 Å². The fraction of sp³-hybridized carbons (Fsp3) is 0.0625. The van der Waals surface area contributed by atoms with Crippen LogP contribution in [0.2, 0.25) is 0 Å². The molecule has 0 aliphatic carbocycles. The first kappa shape index (κ1) is 11.5. The van der Waals surface area contributed by atoms with Crippen LogP contribution in [0.1, 0.15) is 12.5 Å². The Kier molecular flexibility index (Phi) is 2.80. The van der Waals surface area contributed by atoms with Gasteiger partial charge in [-0.1, -0.05) is 42.5 Å². The normalized spacial score (nSPS) is 13.3. The highest BCUT2D eigenvalue weighted by molar-refractivity contribution is 6.08. The quantitative estimate of drug-likeness (QED) is 0.857.